The number of carbonyl (C=O) groups is 1. The molecule has 0 saturated heterocycles. The van der Waals surface area contributed by atoms with Gasteiger partial charge in [-0.1, -0.05) is 19.8 Å². The zero-order chi connectivity index (χ0) is 16.9. The Bertz CT molecular complexity index is 624. The van der Waals surface area contributed by atoms with E-state index >= 15 is 0 Å². The summed E-state index contributed by atoms with van der Waals surface area (Å²) in [6.07, 6.45) is 4.75. The van der Waals surface area contributed by atoms with E-state index in [4.69, 9.17) is 4.74 Å². The van der Waals surface area contributed by atoms with Crippen LogP contribution in [-0.2, 0) is 19.4 Å². The van der Waals surface area contributed by atoms with E-state index in [9.17, 15) is 13.2 Å². The van der Waals surface area contributed by atoms with Crippen molar-refractivity contribution < 1.29 is 17.9 Å². The Balaban J connectivity index is 1.89. The fourth-order valence-electron chi connectivity index (χ4n) is 2.91. The van der Waals surface area contributed by atoms with Crippen LogP contribution in [0.3, 0.4) is 0 Å². The first-order valence-electron chi connectivity index (χ1n) is 8.10. The summed E-state index contributed by atoms with van der Waals surface area (Å²) in [5.41, 5.74) is 0.587. The monoisotopic (exact) mass is 339 g/mol. The Morgan fingerprint density at radius 3 is 2.48 bits per heavy atom. The molecule has 0 aliphatic heterocycles. The highest BCUT2D eigenvalue weighted by atomic mass is 32.2. The van der Waals surface area contributed by atoms with Crippen LogP contribution < -0.4 is 5.32 Å². The molecule has 5 nitrogen and oxygen atoms in total. The predicted molar refractivity (Wildman–Crippen MR) is 90.2 cm³/mol. The maximum atomic E-state index is 12.3. The van der Waals surface area contributed by atoms with Crippen molar-refractivity contribution in [3.05, 3.63) is 24.3 Å². The van der Waals surface area contributed by atoms with Crippen molar-refractivity contribution in [2.24, 2.45) is 5.92 Å². The third kappa shape index (κ3) is 5.32. The third-order valence-electron chi connectivity index (χ3n) is 4.25. The molecule has 0 bridgehead atoms. The van der Waals surface area contributed by atoms with Crippen molar-refractivity contribution in [2.75, 3.05) is 17.7 Å². The quantitative estimate of drug-likeness (QED) is 0.865. The number of ether oxygens (including phenoxy) is 1. The Hall–Kier alpha value is -1.40. The van der Waals surface area contributed by atoms with Crippen LogP contribution >= 0.6 is 0 Å². The molecule has 1 aromatic carbocycles. The summed E-state index contributed by atoms with van der Waals surface area (Å²) in [6, 6.07) is 6.23. The molecular weight excluding hydrogens is 314 g/mol. The maximum Gasteiger partial charge on any atom is 0.221 e. The number of benzene rings is 1. The molecule has 128 valence electrons. The molecule has 2 rings (SSSR count). The number of hydrogen-bond acceptors (Lipinski definition) is 4. The molecule has 1 saturated carbocycles. The molecule has 1 aliphatic rings. The average molecular weight is 339 g/mol. The highest BCUT2D eigenvalue weighted by Gasteiger charge is 2.23. The highest BCUT2D eigenvalue weighted by molar-refractivity contribution is 7.91. The van der Waals surface area contributed by atoms with Gasteiger partial charge >= 0.3 is 0 Å². The van der Waals surface area contributed by atoms with E-state index in [1.54, 1.807) is 12.1 Å². The number of hydrogen-bond donors (Lipinski definition) is 1. The summed E-state index contributed by atoms with van der Waals surface area (Å²) in [6.45, 7) is 3.80. The standard InChI is InChI=1S/C17H25NO4S/c1-13-5-3-4-6-17(13)22-11-12-23(20,21)16-9-7-15(8-10-16)18-14(2)19/h7-10,13,17H,3-6,11-12H2,1-2H3,(H,18,19)/t13-,17+/m1/s1. The topological polar surface area (TPSA) is 72.5 Å². The Morgan fingerprint density at radius 1 is 1.22 bits per heavy atom. The van der Waals surface area contributed by atoms with Crippen LogP contribution in [0.15, 0.2) is 29.2 Å². The van der Waals surface area contributed by atoms with Gasteiger partial charge < -0.3 is 10.1 Å². The summed E-state index contributed by atoms with van der Waals surface area (Å²) >= 11 is 0. The second kappa shape index (κ2) is 7.93. The Kier molecular flexibility index (Phi) is 6.18. The lowest BCUT2D eigenvalue weighted by atomic mass is 9.88. The molecule has 0 radical (unpaired) electrons. The van der Waals surface area contributed by atoms with Crippen LogP contribution in [0.2, 0.25) is 0 Å². The predicted octanol–water partition coefficient (Wildman–Crippen LogP) is 3.01. The normalized spacial score (nSPS) is 21.8. The van der Waals surface area contributed by atoms with Crippen LogP contribution in [0, 0.1) is 5.92 Å². The van der Waals surface area contributed by atoms with Crippen molar-refractivity contribution in [3.63, 3.8) is 0 Å². The second-order valence-corrected chi connectivity index (χ2v) is 8.30. The van der Waals surface area contributed by atoms with Crippen molar-refractivity contribution >= 4 is 21.4 Å². The minimum Gasteiger partial charge on any atom is -0.377 e. The summed E-state index contributed by atoms with van der Waals surface area (Å²) in [7, 11) is -3.36. The molecule has 0 spiro atoms. The number of nitrogens with one attached hydrogen (secondary N) is 1. The SMILES string of the molecule is CC(=O)Nc1ccc(S(=O)(=O)CCO[C@H]2CCCC[C@H]2C)cc1. The molecular formula is C17H25NO4S. The number of rotatable bonds is 6. The number of amides is 1. The first kappa shape index (κ1) is 17.9. The van der Waals surface area contributed by atoms with Crippen LogP contribution in [0.5, 0.6) is 0 Å². The van der Waals surface area contributed by atoms with Crippen molar-refractivity contribution in [1.29, 1.82) is 0 Å². The van der Waals surface area contributed by atoms with Crippen LogP contribution in [0.25, 0.3) is 0 Å². The number of sulfone groups is 1. The van der Waals surface area contributed by atoms with Gasteiger partial charge in [-0.05, 0) is 43.0 Å². The lowest BCUT2D eigenvalue weighted by Gasteiger charge is -2.28. The smallest absolute Gasteiger partial charge is 0.221 e. The zero-order valence-corrected chi connectivity index (χ0v) is 14.6. The molecule has 6 heteroatoms. The summed E-state index contributed by atoms with van der Waals surface area (Å²) in [5.74, 6) is 0.300. The van der Waals surface area contributed by atoms with Gasteiger partial charge in [0.15, 0.2) is 9.84 Å². The molecule has 1 amide bonds. The Morgan fingerprint density at radius 2 is 1.87 bits per heavy atom. The molecule has 0 unspecified atom stereocenters. The van der Waals surface area contributed by atoms with E-state index in [0.717, 1.165) is 19.3 Å². The summed E-state index contributed by atoms with van der Waals surface area (Å²) in [5, 5.41) is 2.62. The summed E-state index contributed by atoms with van der Waals surface area (Å²) < 4.78 is 30.4. The highest BCUT2D eigenvalue weighted by Crippen LogP contribution is 2.26. The Labute approximate surface area is 138 Å². The van der Waals surface area contributed by atoms with E-state index in [-0.39, 0.29) is 29.3 Å². The molecule has 1 aromatic rings. The molecule has 0 heterocycles. The first-order valence-corrected chi connectivity index (χ1v) is 9.76. The van der Waals surface area contributed by atoms with Gasteiger partial charge in [0.05, 0.1) is 23.4 Å². The van der Waals surface area contributed by atoms with E-state index in [2.05, 4.69) is 12.2 Å². The van der Waals surface area contributed by atoms with Crippen LogP contribution in [0.4, 0.5) is 5.69 Å². The first-order chi connectivity index (χ1) is 10.9. The maximum absolute atomic E-state index is 12.3. The lowest BCUT2D eigenvalue weighted by molar-refractivity contribution is -0.114. The van der Waals surface area contributed by atoms with E-state index in [1.807, 2.05) is 0 Å². The van der Waals surface area contributed by atoms with Gasteiger partial charge in [-0.25, -0.2) is 8.42 Å². The van der Waals surface area contributed by atoms with Gasteiger partial charge in [0.2, 0.25) is 5.91 Å². The fraction of sp³-hybridized carbons (Fsp3) is 0.588. The van der Waals surface area contributed by atoms with Crippen LogP contribution in [0.1, 0.15) is 39.5 Å². The molecule has 23 heavy (non-hydrogen) atoms. The van der Waals surface area contributed by atoms with Crippen molar-refractivity contribution in [1.82, 2.24) is 0 Å². The minimum atomic E-state index is -3.36. The van der Waals surface area contributed by atoms with Gasteiger partial charge in [-0.15, -0.1) is 0 Å². The van der Waals surface area contributed by atoms with Crippen molar-refractivity contribution in [3.8, 4) is 0 Å². The molecule has 1 N–H and O–H groups in total. The second-order valence-electron chi connectivity index (χ2n) is 6.20. The lowest BCUT2D eigenvalue weighted by Crippen LogP contribution is -2.27. The minimum absolute atomic E-state index is 0.0182. The van der Waals surface area contributed by atoms with E-state index in [1.165, 1.54) is 25.5 Å². The zero-order valence-electron chi connectivity index (χ0n) is 13.7. The fourth-order valence-corrected chi connectivity index (χ4v) is 4.01. The van der Waals surface area contributed by atoms with Crippen molar-refractivity contribution in [2.45, 2.75) is 50.5 Å². The van der Waals surface area contributed by atoms with Gasteiger partial charge in [0, 0.05) is 12.6 Å². The summed E-state index contributed by atoms with van der Waals surface area (Å²) in [4.78, 5) is 11.2. The number of anilines is 1. The van der Waals surface area contributed by atoms with Gasteiger partial charge in [0.1, 0.15) is 0 Å². The number of carbonyl (C=O) groups excluding carboxylic acids is 1. The molecule has 0 aromatic heterocycles. The van der Waals surface area contributed by atoms with Gasteiger partial charge in [-0.2, -0.15) is 0 Å². The van der Waals surface area contributed by atoms with Gasteiger partial charge in [-0.3, -0.25) is 4.79 Å². The van der Waals surface area contributed by atoms with Crippen LogP contribution in [-0.4, -0.2) is 32.8 Å². The molecule has 1 aliphatic carbocycles. The largest absolute Gasteiger partial charge is 0.377 e. The third-order valence-corrected chi connectivity index (χ3v) is 5.95. The van der Waals surface area contributed by atoms with E-state index in [0.29, 0.717) is 11.6 Å². The van der Waals surface area contributed by atoms with E-state index < -0.39 is 9.84 Å². The average Bonchev–Trinajstić information content (AvgIpc) is 2.49. The van der Waals surface area contributed by atoms with Gasteiger partial charge in [0.25, 0.3) is 0 Å². The molecule has 2 atom stereocenters. The molecule has 1 fully saturated rings.